The van der Waals surface area contributed by atoms with Crippen molar-refractivity contribution < 1.29 is 19.0 Å². The summed E-state index contributed by atoms with van der Waals surface area (Å²) in [5.74, 6) is 1.52. The Morgan fingerprint density at radius 1 is 1.16 bits per heavy atom. The minimum Gasteiger partial charge on any atom is -0.497 e. The maximum absolute atomic E-state index is 12.6. The van der Waals surface area contributed by atoms with Gasteiger partial charge in [-0.15, -0.1) is 0 Å². The summed E-state index contributed by atoms with van der Waals surface area (Å²) in [6.45, 7) is 2.77. The summed E-state index contributed by atoms with van der Waals surface area (Å²) in [4.78, 5) is 23.0. The van der Waals surface area contributed by atoms with E-state index < -0.39 is 0 Å². The molecule has 25 heavy (non-hydrogen) atoms. The number of carbonyl (C=O) groups is 1. The molecule has 0 unspecified atom stereocenters. The number of hydrogen-bond donors (Lipinski definition) is 1. The molecule has 0 saturated carbocycles. The fraction of sp³-hybridized carbons (Fsp3) is 0.353. The number of aromatic nitrogens is 2. The van der Waals surface area contributed by atoms with E-state index in [1.807, 2.05) is 0 Å². The van der Waals surface area contributed by atoms with Crippen LogP contribution in [0.15, 0.2) is 30.6 Å². The van der Waals surface area contributed by atoms with Gasteiger partial charge in [-0.05, 0) is 12.1 Å². The summed E-state index contributed by atoms with van der Waals surface area (Å²) >= 11 is 0. The number of anilines is 2. The first kappa shape index (κ1) is 17.0. The number of rotatable bonds is 5. The quantitative estimate of drug-likeness (QED) is 0.881. The third-order valence-electron chi connectivity index (χ3n) is 3.88. The lowest BCUT2D eigenvalue weighted by Gasteiger charge is -2.27. The number of nitrogens with one attached hydrogen (secondary N) is 1. The van der Waals surface area contributed by atoms with E-state index >= 15 is 0 Å². The van der Waals surface area contributed by atoms with E-state index in [2.05, 4.69) is 20.2 Å². The minimum atomic E-state index is -0.344. The van der Waals surface area contributed by atoms with Gasteiger partial charge in [-0.25, -0.2) is 9.97 Å². The molecule has 1 aliphatic rings. The molecule has 132 valence electrons. The summed E-state index contributed by atoms with van der Waals surface area (Å²) in [6.07, 6.45) is 1.39. The standard InChI is InChI=1S/C17H20N4O4/c1-23-12-3-4-15(24-2)13(9-12)20-17(22)14-10-16(19-11-18-14)21-5-7-25-8-6-21/h3-4,9-11H,5-8H2,1-2H3,(H,20,22). The molecule has 1 saturated heterocycles. The SMILES string of the molecule is COc1ccc(OC)c(NC(=O)c2cc(N3CCOCC3)ncn2)c1. The van der Waals surface area contributed by atoms with Gasteiger partial charge in [0.2, 0.25) is 0 Å². The van der Waals surface area contributed by atoms with Gasteiger partial charge in [-0.1, -0.05) is 0 Å². The first-order valence-electron chi connectivity index (χ1n) is 7.89. The number of ether oxygens (including phenoxy) is 3. The lowest BCUT2D eigenvalue weighted by Crippen LogP contribution is -2.37. The zero-order chi connectivity index (χ0) is 17.6. The smallest absolute Gasteiger partial charge is 0.274 e. The number of nitrogens with zero attached hydrogens (tertiary/aromatic N) is 3. The molecule has 1 aliphatic heterocycles. The van der Waals surface area contributed by atoms with Crippen LogP contribution in [0, 0.1) is 0 Å². The molecule has 8 nitrogen and oxygen atoms in total. The third-order valence-corrected chi connectivity index (χ3v) is 3.88. The van der Waals surface area contributed by atoms with Crippen molar-refractivity contribution in [3.05, 3.63) is 36.3 Å². The van der Waals surface area contributed by atoms with E-state index in [0.29, 0.717) is 36.2 Å². The molecule has 1 aromatic heterocycles. The van der Waals surface area contributed by atoms with Gasteiger partial charge in [0, 0.05) is 25.2 Å². The number of methoxy groups -OCH3 is 2. The van der Waals surface area contributed by atoms with Crippen LogP contribution >= 0.6 is 0 Å². The molecule has 0 spiro atoms. The minimum absolute atomic E-state index is 0.279. The molecule has 0 atom stereocenters. The lowest BCUT2D eigenvalue weighted by atomic mass is 10.2. The molecule has 1 fully saturated rings. The molecule has 8 heteroatoms. The van der Waals surface area contributed by atoms with Gasteiger partial charge >= 0.3 is 0 Å². The van der Waals surface area contributed by atoms with Crippen LogP contribution in [0.4, 0.5) is 11.5 Å². The summed E-state index contributed by atoms with van der Waals surface area (Å²) in [7, 11) is 3.10. The van der Waals surface area contributed by atoms with E-state index in [-0.39, 0.29) is 11.6 Å². The number of amides is 1. The Hall–Kier alpha value is -2.87. The Balaban J connectivity index is 1.79. The van der Waals surface area contributed by atoms with Crippen molar-refractivity contribution in [3.8, 4) is 11.5 Å². The predicted molar refractivity (Wildman–Crippen MR) is 92.6 cm³/mol. The molecular weight excluding hydrogens is 324 g/mol. The molecule has 2 aromatic rings. The molecule has 2 heterocycles. The number of hydrogen-bond acceptors (Lipinski definition) is 7. The summed E-state index contributed by atoms with van der Waals surface area (Å²) in [5.41, 5.74) is 0.791. The molecule has 1 amide bonds. The average Bonchev–Trinajstić information content (AvgIpc) is 2.68. The van der Waals surface area contributed by atoms with Gasteiger partial charge in [-0.3, -0.25) is 4.79 Å². The fourth-order valence-electron chi connectivity index (χ4n) is 2.53. The van der Waals surface area contributed by atoms with Gasteiger partial charge in [0.25, 0.3) is 5.91 Å². The van der Waals surface area contributed by atoms with Gasteiger partial charge in [0.1, 0.15) is 29.3 Å². The Labute approximate surface area is 145 Å². The van der Waals surface area contributed by atoms with Crippen LogP contribution in [0.25, 0.3) is 0 Å². The number of morpholine rings is 1. The predicted octanol–water partition coefficient (Wildman–Crippen LogP) is 1.58. The van der Waals surface area contributed by atoms with Crippen molar-refractivity contribution >= 4 is 17.4 Å². The number of benzene rings is 1. The van der Waals surface area contributed by atoms with Crippen LogP contribution < -0.4 is 19.7 Å². The molecule has 0 aliphatic carbocycles. The zero-order valence-corrected chi connectivity index (χ0v) is 14.2. The largest absolute Gasteiger partial charge is 0.497 e. The maximum Gasteiger partial charge on any atom is 0.274 e. The maximum atomic E-state index is 12.6. The van der Waals surface area contributed by atoms with Crippen LogP contribution in [0.3, 0.4) is 0 Å². The highest BCUT2D eigenvalue weighted by molar-refractivity contribution is 6.04. The Morgan fingerprint density at radius 2 is 1.96 bits per heavy atom. The average molecular weight is 344 g/mol. The topological polar surface area (TPSA) is 85.8 Å². The second kappa shape index (κ2) is 7.80. The summed E-state index contributed by atoms with van der Waals surface area (Å²) in [6, 6.07) is 6.86. The molecule has 3 rings (SSSR count). The molecule has 1 aromatic carbocycles. The van der Waals surface area contributed by atoms with E-state index in [0.717, 1.165) is 13.1 Å². The Kier molecular flexibility index (Phi) is 5.30. The van der Waals surface area contributed by atoms with Crippen LogP contribution in [0.1, 0.15) is 10.5 Å². The Bertz CT molecular complexity index is 747. The summed E-state index contributed by atoms with van der Waals surface area (Å²) < 4.78 is 15.8. The molecule has 0 radical (unpaired) electrons. The monoisotopic (exact) mass is 344 g/mol. The van der Waals surface area contributed by atoms with Gasteiger partial charge in [0.05, 0.1) is 33.1 Å². The molecular formula is C17H20N4O4. The Morgan fingerprint density at radius 3 is 2.68 bits per heavy atom. The fourth-order valence-corrected chi connectivity index (χ4v) is 2.53. The van der Waals surface area contributed by atoms with Crippen molar-refractivity contribution in [2.24, 2.45) is 0 Å². The van der Waals surface area contributed by atoms with Gasteiger partial charge in [-0.2, -0.15) is 0 Å². The van der Waals surface area contributed by atoms with Gasteiger partial charge in [0.15, 0.2) is 0 Å². The number of carbonyl (C=O) groups excluding carboxylic acids is 1. The van der Waals surface area contributed by atoms with E-state index in [4.69, 9.17) is 14.2 Å². The second-order valence-electron chi connectivity index (χ2n) is 5.38. The van der Waals surface area contributed by atoms with Crippen molar-refractivity contribution in [1.29, 1.82) is 0 Å². The lowest BCUT2D eigenvalue weighted by molar-refractivity contribution is 0.102. The van der Waals surface area contributed by atoms with Crippen LogP contribution in [-0.2, 0) is 4.74 Å². The second-order valence-corrected chi connectivity index (χ2v) is 5.38. The summed E-state index contributed by atoms with van der Waals surface area (Å²) in [5, 5.41) is 2.81. The van der Waals surface area contributed by atoms with Gasteiger partial charge < -0.3 is 24.4 Å². The molecule has 0 bridgehead atoms. The third kappa shape index (κ3) is 3.97. The first-order valence-corrected chi connectivity index (χ1v) is 7.89. The highest BCUT2D eigenvalue weighted by Gasteiger charge is 2.17. The van der Waals surface area contributed by atoms with Crippen LogP contribution in [0.2, 0.25) is 0 Å². The highest BCUT2D eigenvalue weighted by atomic mass is 16.5. The van der Waals surface area contributed by atoms with Crippen molar-refractivity contribution in [1.82, 2.24) is 9.97 Å². The van der Waals surface area contributed by atoms with E-state index in [1.54, 1.807) is 38.5 Å². The highest BCUT2D eigenvalue weighted by Crippen LogP contribution is 2.29. The van der Waals surface area contributed by atoms with Crippen LogP contribution in [-0.4, -0.2) is 56.4 Å². The van der Waals surface area contributed by atoms with Crippen molar-refractivity contribution in [3.63, 3.8) is 0 Å². The van der Waals surface area contributed by atoms with Crippen molar-refractivity contribution in [2.45, 2.75) is 0 Å². The van der Waals surface area contributed by atoms with E-state index in [9.17, 15) is 4.79 Å². The van der Waals surface area contributed by atoms with Crippen LogP contribution in [0.5, 0.6) is 11.5 Å². The normalized spacial score (nSPS) is 14.1. The first-order chi connectivity index (χ1) is 12.2. The molecule has 1 N–H and O–H groups in total. The zero-order valence-electron chi connectivity index (χ0n) is 14.2. The van der Waals surface area contributed by atoms with Crippen molar-refractivity contribution in [2.75, 3.05) is 50.7 Å². The van der Waals surface area contributed by atoms with E-state index in [1.165, 1.54) is 6.33 Å².